The van der Waals surface area contributed by atoms with Crippen molar-refractivity contribution in [2.75, 3.05) is 5.32 Å². The third kappa shape index (κ3) is 2.21. The van der Waals surface area contributed by atoms with Gasteiger partial charge in [0.25, 0.3) is 0 Å². The van der Waals surface area contributed by atoms with Crippen LogP contribution in [-0.4, -0.2) is 22.8 Å². The van der Waals surface area contributed by atoms with Gasteiger partial charge in [-0.05, 0) is 24.6 Å². The Morgan fingerprint density at radius 1 is 1.50 bits per heavy atom. The predicted molar refractivity (Wildman–Crippen MR) is 76.7 cm³/mol. The Morgan fingerprint density at radius 2 is 2.25 bits per heavy atom. The van der Waals surface area contributed by atoms with E-state index in [4.69, 9.17) is 21.4 Å². The summed E-state index contributed by atoms with van der Waals surface area (Å²) in [5, 5.41) is 12.8. The number of benzene rings is 1. The van der Waals surface area contributed by atoms with Gasteiger partial charge in [0.2, 0.25) is 0 Å². The number of carboxylic acids is 1. The smallest absolute Gasteiger partial charge is 0.307 e. The van der Waals surface area contributed by atoms with E-state index in [2.05, 4.69) is 5.32 Å². The van der Waals surface area contributed by atoms with E-state index in [0.717, 1.165) is 11.4 Å². The topological polar surface area (TPSA) is 61.9 Å². The van der Waals surface area contributed by atoms with Gasteiger partial charge in [-0.2, -0.15) is 0 Å². The number of carboxylic acid groups (broad SMARTS) is 1. The second-order valence-electron chi connectivity index (χ2n) is 5.08. The van der Waals surface area contributed by atoms with Crippen LogP contribution < -0.4 is 5.32 Å². The van der Waals surface area contributed by atoms with Gasteiger partial charge in [-0.15, -0.1) is 0 Å². The van der Waals surface area contributed by atoms with Crippen LogP contribution in [0.2, 0.25) is 0 Å². The molecule has 2 N–H and O–H groups in total. The molecule has 0 amide bonds. The van der Waals surface area contributed by atoms with Crippen LogP contribution in [0.15, 0.2) is 47.1 Å². The van der Waals surface area contributed by atoms with Crippen LogP contribution in [0.4, 0.5) is 5.69 Å². The summed E-state index contributed by atoms with van der Waals surface area (Å²) in [7, 11) is 0. The van der Waals surface area contributed by atoms with E-state index < -0.39 is 11.6 Å². The summed E-state index contributed by atoms with van der Waals surface area (Å²) in [5.41, 5.74) is 1.81. The van der Waals surface area contributed by atoms with E-state index in [1.807, 2.05) is 37.3 Å². The molecule has 0 aromatic heterocycles. The number of ether oxygens (including phenoxy) is 1. The number of hydrogen-bond donors (Lipinski definition) is 2. The molecule has 2 unspecified atom stereocenters. The number of nitrogens with one attached hydrogen (secondary N) is 1. The number of rotatable bonds is 4. The molecule has 5 heteroatoms. The average molecular weight is 292 g/mol. The lowest BCUT2D eigenvalue weighted by Crippen LogP contribution is -2.23. The Kier molecular flexibility index (Phi) is 3.07. The number of hydrogen-bond acceptors (Lipinski definition) is 3. The molecule has 0 spiro atoms. The van der Waals surface area contributed by atoms with Crippen molar-refractivity contribution in [1.29, 1.82) is 0 Å². The highest BCUT2D eigenvalue weighted by Gasteiger charge is 2.56. The lowest BCUT2D eigenvalue weighted by atomic mass is 9.97. The highest BCUT2D eigenvalue weighted by molar-refractivity contribution is 6.32. The number of anilines is 1. The van der Waals surface area contributed by atoms with Crippen molar-refractivity contribution in [2.24, 2.45) is 0 Å². The summed E-state index contributed by atoms with van der Waals surface area (Å²) in [6, 6.07) is 7.30. The number of allylic oxidation sites excluding steroid dienone is 2. The molecule has 0 saturated carbocycles. The SMILES string of the molecule is CC12OC1C=CC(Cl)=C2Nc1ccccc1CC(=O)O. The number of carbonyl (C=O) groups is 1. The number of aliphatic carboxylic acids is 1. The highest BCUT2D eigenvalue weighted by atomic mass is 35.5. The molecular formula is C15H14ClNO3. The Morgan fingerprint density at radius 3 is 3.00 bits per heavy atom. The first-order chi connectivity index (χ1) is 9.50. The molecule has 1 fully saturated rings. The molecular weight excluding hydrogens is 278 g/mol. The second-order valence-corrected chi connectivity index (χ2v) is 5.49. The molecule has 3 rings (SSSR count). The monoisotopic (exact) mass is 291 g/mol. The van der Waals surface area contributed by atoms with Crippen molar-refractivity contribution >= 4 is 23.3 Å². The maximum absolute atomic E-state index is 10.9. The minimum atomic E-state index is -0.866. The zero-order valence-corrected chi connectivity index (χ0v) is 11.6. The van der Waals surface area contributed by atoms with Crippen LogP contribution in [-0.2, 0) is 16.0 Å². The number of fused-ring (bicyclic) bond motifs is 1. The van der Waals surface area contributed by atoms with Crippen molar-refractivity contribution < 1.29 is 14.6 Å². The van der Waals surface area contributed by atoms with E-state index in [9.17, 15) is 4.79 Å². The maximum atomic E-state index is 10.9. The molecule has 4 nitrogen and oxygen atoms in total. The predicted octanol–water partition coefficient (Wildman–Crippen LogP) is 2.90. The normalized spacial score (nSPS) is 27.2. The average Bonchev–Trinajstić information content (AvgIpc) is 3.07. The van der Waals surface area contributed by atoms with Gasteiger partial charge in [0.05, 0.1) is 17.2 Å². The van der Waals surface area contributed by atoms with Crippen LogP contribution in [0.25, 0.3) is 0 Å². The van der Waals surface area contributed by atoms with Crippen molar-refractivity contribution in [3.8, 4) is 0 Å². The molecule has 1 saturated heterocycles. The lowest BCUT2D eigenvalue weighted by Gasteiger charge is -2.20. The Labute approximate surface area is 121 Å². The fourth-order valence-corrected chi connectivity index (χ4v) is 2.73. The lowest BCUT2D eigenvalue weighted by molar-refractivity contribution is -0.136. The summed E-state index contributed by atoms with van der Waals surface area (Å²) in [4.78, 5) is 10.9. The van der Waals surface area contributed by atoms with Crippen LogP contribution in [0.3, 0.4) is 0 Å². The van der Waals surface area contributed by atoms with Gasteiger partial charge in [0.15, 0.2) is 0 Å². The van der Waals surface area contributed by atoms with Crippen LogP contribution in [0.1, 0.15) is 12.5 Å². The van der Waals surface area contributed by atoms with Gasteiger partial charge < -0.3 is 15.2 Å². The van der Waals surface area contributed by atoms with Crippen molar-refractivity contribution in [3.63, 3.8) is 0 Å². The molecule has 2 aliphatic rings. The van der Waals surface area contributed by atoms with Crippen molar-refractivity contribution in [1.82, 2.24) is 0 Å². The molecule has 20 heavy (non-hydrogen) atoms. The Bertz CT molecular complexity index is 638. The fourth-order valence-electron chi connectivity index (χ4n) is 2.42. The van der Waals surface area contributed by atoms with E-state index in [-0.39, 0.29) is 12.5 Å². The molecule has 104 valence electrons. The third-order valence-corrected chi connectivity index (χ3v) is 3.94. The fraction of sp³-hybridized carbons (Fsp3) is 0.267. The number of halogens is 1. The molecule has 1 aliphatic heterocycles. The summed E-state index contributed by atoms with van der Waals surface area (Å²) >= 11 is 6.24. The quantitative estimate of drug-likeness (QED) is 0.837. The summed E-state index contributed by atoms with van der Waals surface area (Å²) in [5.74, 6) is -0.866. The van der Waals surface area contributed by atoms with Crippen molar-refractivity contribution in [2.45, 2.75) is 25.0 Å². The Balaban J connectivity index is 1.92. The van der Waals surface area contributed by atoms with Gasteiger partial charge in [-0.3, -0.25) is 4.79 Å². The highest BCUT2D eigenvalue weighted by Crippen LogP contribution is 2.48. The number of para-hydroxylation sites is 1. The molecule has 1 aromatic rings. The summed E-state index contributed by atoms with van der Waals surface area (Å²) < 4.78 is 5.63. The van der Waals surface area contributed by atoms with Gasteiger partial charge in [0.1, 0.15) is 11.7 Å². The molecule has 1 heterocycles. The third-order valence-electron chi connectivity index (χ3n) is 3.63. The minimum absolute atomic E-state index is 0.0368. The first-order valence-electron chi connectivity index (χ1n) is 6.34. The van der Waals surface area contributed by atoms with Gasteiger partial charge in [-0.1, -0.05) is 35.9 Å². The molecule has 0 bridgehead atoms. The van der Waals surface area contributed by atoms with Gasteiger partial charge >= 0.3 is 5.97 Å². The van der Waals surface area contributed by atoms with E-state index >= 15 is 0 Å². The second kappa shape index (κ2) is 4.65. The summed E-state index contributed by atoms with van der Waals surface area (Å²) in [6.45, 7) is 1.96. The molecule has 1 aromatic carbocycles. The first-order valence-corrected chi connectivity index (χ1v) is 6.71. The standard InChI is InChI=1S/C15H14ClNO3/c1-15-12(20-15)7-6-10(16)14(15)17-11-5-3-2-4-9(11)8-13(18)19/h2-7,12,17H,8H2,1H3,(H,18,19). The van der Waals surface area contributed by atoms with E-state index in [1.165, 1.54) is 0 Å². The zero-order chi connectivity index (χ0) is 14.3. The van der Waals surface area contributed by atoms with Crippen LogP contribution in [0.5, 0.6) is 0 Å². The van der Waals surface area contributed by atoms with E-state index in [0.29, 0.717) is 10.6 Å². The minimum Gasteiger partial charge on any atom is -0.481 e. The summed E-state index contributed by atoms with van der Waals surface area (Å²) in [6.07, 6.45) is 3.74. The largest absolute Gasteiger partial charge is 0.481 e. The zero-order valence-electron chi connectivity index (χ0n) is 10.9. The Hall–Kier alpha value is -1.78. The molecule has 1 aliphatic carbocycles. The molecule has 0 radical (unpaired) electrons. The first kappa shape index (κ1) is 13.2. The van der Waals surface area contributed by atoms with Gasteiger partial charge in [-0.25, -0.2) is 0 Å². The molecule has 2 atom stereocenters. The van der Waals surface area contributed by atoms with E-state index in [1.54, 1.807) is 6.07 Å². The maximum Gasteiger partial charge on any atom is 0.307 e. The van der Waals surface area contributed by atoms with Gasteiger partial charge in [0, 0.05) is 5.69 Å². The van der Waals surface area contributed by atoms with Crippen LogP contribution >= 0.6 is 11.6 Å². The van der Waals surface area contributed by atoms with Crippen LogP contribution in [0, 0.1) is 0 Å². The number of epoxide rings is 1. The van der Waals surface area contributed by atoms with Crippen molar-refractivity contribution in [3.05, 3.63) is 52.7 Å².